The molecule has 0 bridgehead atoms. The number of rotatable bonds is 3. The van der Waals surface area contributed by atoms with E-state index in [1.807, 2.05) is 13.0 Å². The van der Waals surface area contributed by atoms with Crippen LogP contribution in [-0.2, 0) is 4.74 Å². The number of nitrogens with zero attached hydrogens (tertiary/aromatic N) is 2. The van der Waals surface area contributed by atoms with Crippen LogP contribution in [0.2, 0.25) is 0 Å². The van der Waals surface area contributed by atoms with Gasteiger partial charge in [-0.05, 0) is 31.5 Å². The van der Waals surface area contributed by atoms with Gasteiger partial charge in [-0.25, -0.2) is 0 Å². The molecule has 0 radical (unpaired) electrons. The van der Waals surface area contributed by atoms with Crippen LogP contribution >= 0.6 is 0 Å². The van der Waals surface area contributed by atoms with Gasteiger partial charge in [0.2, 0.25) is 0 Å². The van der Waals surface area contributed by atoms with Crippen LogP contribution in [0.15, 0.2) is 24.3 Å². The highest BCUT2D eigenvalue weighted by atomic mass is 16.5. The van der Waals surface area contributed by atoms with E-state index < -0.39 is 0 Å². The Hall–Kier alpha value is -1.81. The topological polar surface area (TPSA) is 34.6 Å². The molecule has 0 spiro atoms. The molecule has 1 unspecified atom stereocenters. The van der Waals surface area contributed by atoms with Crippen molar-refractivity contribution in [2.75, 3.05) is 31.7 Å². The van der Waals surface area contributed by atoms with E-state index in [9.17, 15) is 0 Å². The molecule has 2 heterocycles. The molecule has 4 nitrogen and oxygen atoms in total. The number of hydrogen-bond acceptors (Lipinski definition) is 4. The highest BCUT2D eigenvalue weighted by Gasteiger charge is 2.19. The van der Waals surface area contributed by atoms with E-state index in [0.29, 0.717) is 6.10 Å². The van der Waals surface area contributed by atoms with Crippen LogP contribution in [0.25, 0.3) is 10.9 Å². The molecule has 0 N–H and O–H groups in total. The van der Waals surface area contributed by atoms with Crippen LogP contribution in [0.5, 0.6) is 5.75 Å². The molecule has 21 heavy (non-hydrogen) atoms. The van der Waals surface area contributed by atoms with E-state index >= 15 is 0 Å². The summed E-state index contributed by atoms with van der Waals surface area (Å²) in [5.74, 6) is 0.889. The van der Waals surface area contributed by atoms with E-state index in [1.165, 1.54) is 5.69 Å². The molecule has 3 rings (SSSR count). The third-order valence-electron chi connectivity index (χ3n) is 4.06. The molecule has 1 atom stereocenters. The van der Waals surface area contributed by atoms with Crippen molar-refractivity contribution >= 4 is 16.6 Å². The van der Waals surface area contributed by atoms with Crippen molar-refractivity contribution in [2.45, 2.75) is 26.4 Å². The number of hydrogen-bond donors (Lipinski definition) is 0. The number of aryl methyl sites for hydroxylation is 1. The van der Waals surface area contributed by atoms with E-state index in [0.717, 1.165) is 48.5 Å². The molecular formula is C17H22N2O2. The number of morpholine rings is 1. The van der Waals surface area contributed by atoms with Crippen molar-refractivity contribution in [3.8, 4) is 5.75 Å². The fraction of sp³-hybridized carbons (Fsp3) is 0.471. The maximum Gasteiger partial charge on any atom is 0.130 e. The van der Waals surface area contributed by atoms with Gasteiger partial charge in [0.15, 0.2) is 0 Å². The largest absolute Gasteiger partial charge is 0.496 e. The maximum absolute atomic E-state index is 5.75. The Morgan fingerprint density at radius 1 is 1.38 bits per heavy atom. The lowest BCUT2D eigenvalue weighted by Gasteiger charge is -2.34. The van der Waals surface area contributed by atoms with Crippen molar-refractivity contribution in [1.82, 2.24) is 4.98 Å². The van der Waals surface area contributed by atoms with E-state index in [2.05, 4.69) is 35.0 Å². The van der Waals surface area contributed by atoms with E-state index in [4.69, 9.17) is 9.47 Å². The lowest BCUT2D eigenvalue weighted by atomic mass is 10.1. The Balaban J connectivity index is 1.98. The van der Waals surface area contributed by atoms with Gasteiger partial charge in [-0.15, -0.1) is 0 Å². The molecule has 2 aromatic rings. The molecule has 1 aromatic heterocycles. The predicted octanol–water partition coefficient (Wildman–Crippen LogP) is 3.17. The molecule has 1 fully saturated rings. The Labute approximate surface area is 125 Å². The average Bonchev–Trinajstić information content (AvgIpc) is 2.53. The summed E-state index contributed by atoms with van der Waals surface area (Å²) in [7, 11) is 1.71. The minimum absolute atomic E-state index is 0.326. The van der Waals surface area contributed by atoms with Crippen LogP contribution in [0.4, 0.5) is 5.69 Å². The Bertz CT molecular complexity index is 642. The van der Waals surface area contributed by atoms with Crippen molar-refractivity contribution < 1.29 is 9.47 Å². The lowest BCUT2D eigenvalue weighted by molar-refractivity contribution is 0.0384. The quantitative estimate of drug-likeness (QED) is 0.868. The minimum Gasteiger partial charge on any atom is -0.496 e. The van der Waals surface area contributed by atoms with Gasteiger partial charge >= 0.3 is 0 Å². The summed E-state index contributed by atoms with van der Waals surface area (Å²) in [6, 6.07) is 8.39. The van der Waals surface area contributed by atoms with Crippen molar-refractivity contribution in [1.29, 1.82) is 0 Å². The standard InChI is InChI=1S/C17H22N2O2/c1-4-14-11-19(7-8-21-14)13-5-6-16-15(10-13)17(20-3)9-12(2)18-16/h5-6,9-10,14H,4,7-8,11H2,1-3H3. The van der Waals surface area contributed by atoms with Gasteiger partial charge in [-0.3, -0.25) is 4.98 Å². The van der Waals surface area contributed by atoms with Crippen molar-refractivity contribution in [2.24, 2.45) is 0 Å². The third-order valence-corrected chi connectivity index (χ3v) is 4.06. The van der Waals surface area contributed by atoms with Crippen LogP contribution in [-0.4, -0.2) is 37.9 Å². The number of fused-ring (bicyclic) bond motifs is 1. The molecule has 112 valence electrons. The molecule has 1 saturated heterocycles. The second-order valence-corrected chi connectivity index (χ2v) is 5.51. The lowest BCUT2D eigenvalue weighted by Crippen LogP contribution is -2.42. The summed E-state index contributed by atoms with van der Waals surface area (Å²) in [6.07, 6.45) is 1.38. The monoisotopic (exact) mass is 286 g/mol. The zero-order valence-corrected chi connectivity index (χ0v) is 12.9. The molecule has 0 amide bonds. The van der Waals surface area contributed by atoms with Crippen LogP contribution < -0.4 is 9.64 Å². The van der Waals surface area contributed by atoms with Gasteiger partial charge in [-0.2, -0.15) is 0 Å². The summed E-state index contributed by atoms with van der Waals surface area (Å²) >= 11 is 0. The van der Waals surface area contributed by atoms with Crippen LogP contribution in [0.3, 0.4) is 0 Å². The molecule has 4 heteroatoms. The maximum atomic E-state index is 5.75. The first kappa shape index (κ1) is 14.1. The van der Waals surface area contributed by atoms with Gasteiger partial charge in [0.05, 0.1) is 25.3 Å². The number of ether oxygens (including phenoxy) is 2. The molecule has 1 aromatic carbocycles. The average molecular weight is 286 g/mol. The summed E-state index contributed by atoms with van der Waals surface area (Å²) in [4.78, 5) is 6.96. The second-order valence-electron chi connectivity index (χ2n) is 5.51. The first-order valence-corrected chi connectivity index (χ1v) is 7.53. The normalized spacial score (nSPS) is 19.0. The van der Waals surface area contributed by atoms with E-state index in [1.54, 1.807) is 7.11 Å². The zero-order valence-electron chi connectivity index (χ0n) is 12.9. The molecule has 1 aliphatic rings. The van der Waals surface area contributed by atoms with Gasteiger partial charge in [0, 0.05) is 35.9 Å². The highest BCUT2D eigenvalue weighted by molar-refractivity contribution is 5.88. The smallest absolute Gasteiger partial charge is 0.130 e. The van der Waals surface area contributed by atoms with Gasteiger partial charge in [-0.1, -0.05) is 6.92 Å². The van der Waals surface area contributed by atoms with E-state index in [-0.39, 0.29) is 0 Å². The third kappa shape index (κ3) is 2.81. The number of methoxy groups -OCH3 is 1. The van der Waals surface area contributed by atoms with Gasteiger partial charge in [0.1, 0.15) is 5.75 Å². The molecule has 0 saturated carbocycles. The summed E-state index contributed by atoms with van der Waals surface area (Å²) in [5.41, 5.74) is 3.17. The summed E-state index contributed by atoms with van der Waals surface area (Å²) in [6.45, 7) is 6.83. The first-order valence-electron chi connectivity index (χ1n) is 7.53. The van der Waals surface area contributed by atoms with Gasteiger partial charge in [0.25, 0.3) is 0 Å². The number of pyridine rings is 1. The van der Waals surface area contributed by atoms with Crippen molar-refractivity contribution in [3.63, 3.8) is 0 Å². The summed E-state index contributed by atoms with van der Waals surface area (Å²) < 4.78 is 11.3. The number of benzene rings is 1. The van der Waals surface area contributed by atoms with Crippen molar-refractivity contribution in [3.05, 3.63) is 30.0 Å². The Morgan fingerprint density at radius 3 is 3.00 bits per heavy atom. The number of aromatic nitrogens is 1. The molecule has 1 aliphatic heterocycles. The zero-order chi connectivity index (χ0) is 14.8. The highest BCUT2D eigenvalue weighted by Crippen LogP contribution is 2.30. The fourth-order valence-corrected chi connectivity index (χ4v) is 2.88. The SMILES string of the molecule is CCC1CN(c2ccc3nc(C)cc(OC)c3c2)CCO1. The number of anilines is 1. The van der Waals surface area contributed by atoms with Gasteiger partial charge < -0.3 is 14.4 Å². The predicted molar refractivity (Wildman–Crippen MR) is 85.3 cm³/mol. The first-order chi connectivity index (χ1) is 10.2. The minimum atomic E-state index is 0.326. The van der Waals surface area contributed by atoms with Crippen LogP contribution in [0.1, 0.15) is 19.0 Å². The Kier molecular flexibility index (Phi) is 3.97. The summed E-state index contributed by atoms with van der Waals surface area (Å²) in [5, 5.41) is 1.07. The van der Waals surface area contributed by atoms with Crippen LogP contribution in [0, 0.1) is 6.92 Å². The Morgan fingerprint density at radius 2 is 2.24 bits per heavy atom. The second kappa shape index (κ2) is 5.90. The molecule has 0 aliphatic carbocycles. The fourth-order valence-electron chi connectivity index (χ4n) is 2.88. The molecular weight excluding hydrogens is 264 g/mol.